The maximum atomic E-state index is 4.63. The SMILES string of the molecule is Cc1nnc2ccc(N3CC(N(C)c4ccnc(N(C)C)n4)C3)nn12. The molecule has 1 aliphatic heterocycles. The molecule has 3 aromatic heterocycles. The summed E-state index contributed by atoms with van der Waals surface area (Å²) in [7, 11) is 5.96. The molecule has 0 radical (unpaired) electrons. The number of nitrogens with zero attached hydrogens (tertiary/aromatic N) is 9. The predicted octanol–water partition coefficient (Wildman–Crippen LogP) is 0.614. The molecule has 4 rings (SSSR count). The van der Waals surface area contributed by atoms with Gasteiger partial charge in [0.25, 0.3) is 0 Å². The highest BCUT2D eigenvalue weighted by molar-refractivity contribution is 5.51. The average molecular weight is 339 g/mol. The highest BCUT2D eigenvalue weighted by Gasteiger charge is 2.32. The molecule has 9 nitrogen and oxygen atoms in total. The first-order valence-corrected chi connectivity index (χ1v) is 8.20. The summed E-state index contributed by atoms with van der Waals surface area (Å²) < 4.78 is 1.78. The van der Waals surface area contributed by atoms with Crippen molar-refractivity contribution in [2.75, 3.05) is 48.9 Å². The van der Waals surface area contributed by atoms with Crippen LogP contribution in [0, 0.1) is 6.92 Å². The maximum absolute atomic E-state index is 4.63. The van der Waals surface area contributed by atoms with E-state index in [2.05, 4.69) is 42.1 Å². The smallest absolute Gasteiger partial charge is 0.226 e. The van der Waals surface area contributed by atoms with E-state index in [1.165, 1.54) is 0 Å². The Hall–Kier alpha value is -2.97. The van der Waals surface area contributed by atoms with Crippen LogP contribution in [0.25, 0.3) is 5.65 Å². The van der Waals surface area contributed by atoms with Crippen LogP contribution >= 0.6 is 0 Å². The first-order chi connectivity index (χ1) is 12.0. The first kappa shape index (κ1) is 15.6. The van der Waals surface area contributed by atoms with Crippen molar-refractivity contribution in [1.82, 2.24) is 29.8 Å². The largest absolute Gasteiger partial charge is 0.353 e. The Balaban J connectivity index is 1.47. The van der Waals surface area contributed by atoms with Gasteiger partial charge in [-0.15, -0.1) is 15.3 Å². The van der Waals surface area contributed by atoms with Gasteiger partial charge in [-0.05, 0) is 25.1 Å². The lowest BCUT2D eigenvalue weighted by atomic mass is 10.1. The zero-order chi connectivity index (χ0) is 17.6. The van der Waals surface area contributed by atoms with Crippen LogP contribution in [0.4, 0.5) is 17.6 Å². The highest BCUT2D eigenvalue weighted by Crippen LogP contribution is 2.24. The quantitative estimate of drug-likeness (QED) is 0.684. The summed E-state index contributed by atoms with van der Waals surface area (Å²) in [6, 6.07) is 6.28. The summed E-state index contributed by atoms with van der Waals surface area (Å²) in [5, 5.41) is 12.8. The third-order valence-corrected chi connectivity index (χ3v) is 4.53. The summed E-state index contributed by atoms with van der Waals surface area (Å²) >= 11 is 0. The van der Waals surface area contributed by atoms with E-state index in [1.54, 1.807) is 10.7 Å². The third-order valence-electron chi connectivity index (χ3n) is 4.53. The van der Waals surface area contributed by atoms with Crippen molar-refractivity contribution in [3.8, 4) is 0 Å². The average Bonchev–Trinajstić information content (AvgIpc) is 2.94. The van der Waals surface area contributed by atoms with Crippen LogP contribution in [0.2, 0.25) is 0 Å². The van der Waals surface area contributed by atoms with Crippen molar-refractivity contribution in [1.29, 1.82) is 0 Å². The van der Waals surface area contributed by atoms with Crippen LogP contribution in [0.15, 0.2) is 24.4 Å². The van der Waals surface area contributed by atoms with E-state index >= 15 is 0 Å². The molecule has 0 N–H and O–H groups in total. The van der Waals surface area contributed by atoms with Crippen LogP contribution in [-0.2, 0) is 0 Å². The Morgan fingerprint density at radius 3 is 2.64 bits per heavy atom. The van der Waals surface area contributed by atoms with Gasteiger partial charge in [-0.2, -0.15) is 9.50 Å². The number of likely N-dealkylation sites (N-methyl/N-ethyl adjacent to an activating group) is 1. The van der Waals surface area contributed by atoms with E-state index in [0.717, 1.165) is 42.1 Å². The first-order valence-electron chi connectivity index (χ1n) is 8.20. The van der Waals surface area contributed by atoms with Crippen molar-refractivity contribution < 1.29 is 0 Å². The van der Waals surface area contributed by atoms with E-state index in [-0.39, 0.29) is 0 Å². The van der Waals surface area contributed by atoms with Crippen molar-refractivity contribution in [3.63, 3.8) is 0 Å². The zero-order valence-electron chi connectivity index (χ0n) is 14.8. The fourth-order valence-electron chi connectivity index (χ4n) is 2.88. The Bertz CT molecular complexity index is 898. The number of fused-ring (bicyclic) bond motifs is 1. The predicted molar refractivity (Wildman–Crippen MR) is 96.3 cm³/mol. The minimum atomic E-state index is 0.393. The Morgan fingerprint density at radius 1 is 1.08 bits per heavy atom. The Morgan fingerprint density at radius 2 is 1.88 bits per heavy atom. The van der Waals surface area contributed by atoms with E-state index in [0.29, 0.717) is 6.04 Å². The van der Waals surface area contributed by atoms with Gasteiger partial charge in [0.05, 0.1) is 6.04 Å². The molecular weight excluding hydrogens is 318 g/mol. The molecule has 25 heavy (non-hydrogen) atoms. The highest BCUT2D eigenvalue weighted by atomic mass is 15.4. The van der Waals surface area contributed by atoms with Gasteiger partial charge >= 0.3 is 0 Å². The molecule has 130 valence electrons. The van der Waals surface area contributed by atoms with Crippen molar-refractivity contribution in [3.05, 3.63) is 30.2 Å². The van der Waals surface area contributed by atoms with Gasteiger partial charge in [-0.3, -0.25) is 0 Å². The summed E-state index contributed by atoms with van der Waals surface area (Å²) in [5.41, 5.74) is 0.771. The molecule has 1 fully saturated rings. The van der Waals surface area contributed by atoms with Gasteiger partial charge in [0.15, 0.2) is 11.5 Å². The number of aryl methyl sites for hydroxylation is 1. The molecule has 0 unspecified atom stereocenters. The zero-order valence-corrected chi connectivity index (χ0v) is 14.8. The number of rotatable bonds is 4. The molecule has 1 aliphatic rings. The van der Waals surface area contributed by atoms with E-state index in [9.17, 15) is 0 Å². The summed E-state index contributed by atoms with van der Waals surface area (Å²) in [5.74, 6) is 3.39. The second-order valence-electron chi connectivity index (χ2n) is 6.49. The van der Waals surface area contributed by atoms with Gasteiger partial charge in [0.2, 0.25) is 5.95 Å². The molecular formula is C16H21N9. The van der Waals surface area contributed by atoms with Gasteiger partial charge < -0.3 is 14.7 Å². The fraction of sp³-hybridized carbons (Fsp3) is 0.438. The van der Waals surface area contributed by atoms with E-state index < -0.39 is 0 Å². The molecule has 4 heterocycles. The fourth-order valence-corrected chi connectivity index (χ4v) is 2.88. The van der Waals surface area contributed by atoms with Crippen LogP contribution < -0.4 is 14.7 Å². The lowest BCUT2D eigenvalue weighted by molar-refractivity contribution is 0.486. The molecule has 3 aromatic rings. The lowest BCUT2D eigenvalue weighted by Crippen LogP contribution is -2.59. The minimum Gasteiger partial charge on any atom is -0.353 e. The Labute approximate surface area is 145 Å². The van der Waals surface area contributed by atoms with Crippen molar-refractivity contribution in [2.45, 2.75) is 13.0 Å². The molecule has 0 spiro atoms. The number of aromatic nitrogens is 6. The number of anilines is 3. The normalized spacial score (nSPS) is 14.6. The molecule has 1 saturated heterocycles. The van der Waals surface area contributed by atoms with E-state index in [4.69, 9.17) is 0 Å². The summed E-state index contributed by atoms with van der Waals surface area (Å²) in [6.07, 6.45) is 1.80. The standard InChI is InChI=1S/C16H21N9/c1-11-19-20-14-5-6-15(21-25(11)14)24-9-12(10-24)23(4)13-7-8-17-16(18-13)22(2)3/h5-8,12H,9-10H2,1-4H3. The summed E-state index contributed by atoms with van der Waals surface area (Å²) in [4.78, 5) is 15.2. The van der Waals surface area contributed by atoms with Gasteiger partial charge in [-0.25, -0.2) is 4.98 Å². The van der Waals surface area contributed by atoms with Gasteiger partial charge in [-0.1, -0.05) is 0 Å². The van der Waals surface area contributed by atoms with Crippen molar-refractivity contribution in [2.24, 2.45) is 0 Å². The second-order valence-corrected chi connectivity index (χ2v) is 6.49. The minimum absolute atomic E-state index is 0.393. The van der Waals surface area contributed by atoms with Crippen LogP contribution in [-0.4, -0.2) is 70.1 Å². The molecule has 0 aliphatic carbocycles. The summed E-state index contributed by atoms with van der Waals surface area (Å²) in [6.45, 7) is 3.70. The molecule has 0 saturated carbocycles. The van der Waals surface area contributed by atoms with Gasteiger partial charge in [0.1, 0.15) is 11.6 Å². The molecule has 9 heteroatoms. The van der Waals surface area contributed by atoms with Crippen LogP contribution in [0.5, 0.6) is 0 Å². The second kappa shape index (κ2) is 5.83. The Kier molecular flexibility index (Phi) is 3.63. The monoisotopic (exact) mass is 339 g/mol. The molecule has 0 atom stereocenters. The molecule has 0 aromatic carbocycles. The van der Waals surface area contributed by atoms with Gasteiger partial charge in [0, 0.05) is 40.4 Å². The number of hydrogen-bond donors (Lipinski definition) is 0. The van der Waals surface area contributed by atoms with Crippen LogP contribution in [0.1, 0.15) is 5.82 Å². The number of hydrogen-bond acceptors (Lipinski definition) is 8. The van der Waals surface area contributed by atoms with E-state index in [1.807, 2.05) is 44.1 Å². The van der Waals surface area contributed by atoms with Crippen molar-refractivity contribution >= 4 is 23.2 Å². The lowest BCUT2D eigenvalue weighted by Gasteiger charge is -2.45. The molecule has 0 bridgehead atoms. The molecule has 0 amide bonds. The third kappa shape index (κ3) is 2.71. The maximum Gasteiger partial charge on any atom is 0.226 e. The topological polar surface area (TPSA) is 78.6 Å². The van der Waals surface area contributed by atoms with Crippen LogP contribution in [0.3, 0.4) is 0 Å².